The van der Waals surface area contributed by atoms with Crippen LogP contribution in [0.15, 0.2) is 29.6 Å². The van der Waals surface area contributed by atoms with E-state index < -0.39 is 0 Å². The van der Waals surface area contributed by atoms with Gasteiger partial charge < -0.3 is 14.8 Å². The highest BCUT2D eigenvalue weighted by Gasteiger charge is 2.19. The van der Waals surface area contributed by atoms with Crippen LogP contribution in [0.2, 0.25) is 0 Å². The molecule has 0 saturated heterocycles. The van der Waals surface area contributed by atoms with Gasteiger partial charge in [-0.25, -0.2) is 0 Å². The van der Waals surface area contributed by atoms with Crippen LogP contribution in [-0.4, -0.2) is 19.1 Å². The van der Waals surface area contributed by atoms with Crippen molar-refractivity contribution in [1.82, 2.24) is 5.32 Å². The van der Waals surface area contributed by atoms with E-state index >= 15 is 0 Å². The number of rotatable bonds is 6. The van der Waals surface area contributed by atoms with Gasteiger partial charge in [-0.15, -0.1) is 11.3 Å². The first-order chi connectivity index (χ1) is 11.7. The molecule has 24 heavy (non-hydrogen) atoms. The summed E-state index contributed by atoms with van der Waals surface area (Å²) in [5, 5.41) is 5.09. The summed E-state index contributed by atoms with van der Waals surface area (Å²) in [7, 11) is 1.64. The van der Waals surface area contributed by atoms with Crippen LogP contribution in [-0.2, 0) is 6.61 Å². The maximum Gasteiger partial charge on any atom is 0.261 e. The molecule has 1 fully saturated rings. The lowest BCUT2D eigenvalue weighted by Gasteiger charge is -2.11. The number of nitrogens with one attached hydrogen (secondary N) is 1. The van der Waals surface area contributed by atoms with Crippen molar-refractivity contribution in [2.45, 2.75) is 45.3 Å². The number of thiophene rings is 1. The molecule has 0 atom stereocenters. The molecule has 128 valence electrons. The number of carbonyl (C=O) groups is 1. The molecular formula is C19H23NO3S. The third-order valence-electron chi connectivity index (χ3n) is 4.28. The van der Waals surface area contributed by atoms with Crippen LogP contribution >= 0.6 is 11.3 Å². The standard InChI is InChI=1S/C19H23NO3S/c1-13-7-8-16(17(9-13)22-2)23-11-14-10-18(24-12-14)19(21)20-15-5-3-4-6-15/h7-10,12,15H,3-6,11H2,1-2H3,(H,20,21). The molecule has 4 nitrogen and oxygen atoms in total. The van der Waals surface area contributed by atoms with Gasteiger partial charge in [0.2, 0.25) is 0 Å². The molecule has 3 rings (SSSR count). The van der Waals surface area contributed by atoms with Crippen LogP contribution in [0.1, 0.15) is 46.5 Å². The Bertz CT molecular complexity index is 704. The first kappa shape index (κ1) is 16.8. The maximum absolute atomic E-state index is 12.3. The minimum Gasteiger partial charge on any atom is -0.493 e. The molecule has 1 amide bonds. The minimum absolute atomic E-state index is 0.0334. The number of carbonyl (C=O) groups excluding carboxylic acids is 1. The Balaban J connectivity index is 1.59. The number of benzene rings is 1. The summed E-state index contributed by atoms with van der Waals surface area (Å²) in [5.74, 6) is 1.47. The number of amides is 1. The van der Waals surface area contributed by atoms with E-state index in [2.05, 4.69) is 5.32 Å². The molecule has 0 radical (unpaired) electrons. The van der Waals surface area contributed by atoms with E-state index in [4.69, 9.17) is 9.47 Å². The van der Waals surface area contributed by atoms with Crippen molar-refractivity contribution in [3.05, 3.63) is 45.6 Å². The van der Waals surface area contributed by atoms with E-state index in [1.807, 2.05) is 36.6 Å². The Labute approximate surface area is 146 Å². The average Bonchev–Trinajstić information content (AvgIpc) is 3.25. The SMILES string of the molecule is COc1cc(C)ccc1OCc1csc(C(=O)NC2CCCC2)c1. The molecule has 1 aromatic carbocycles. The van der Waals surface area contributed by atoms with Gasteiger partial charge in [0.05, 0.1) is 12.0 Å². The normalized spacial score (nSPS) is 14.6. The molecule has 0 unspecified atom stereocenters. The smallest absolute Gasteiger partial charge is 0.261 e. The average molecular weight is 345 g/mol. The molecule has 0 spiro atoms. The van der Waals surface area contributed by atoms with Crippen molar-refractivity contribution >= 4 is 17.2 Å². The van der Waals surface area contributed by atoms with Crippen molar-refractivity contribution in [2.75, 3.05) is 7.11 Å². The third kappa shape index (κ3) is 4.09. The Hall–Kier alpha value is -2.01. The third-order valence-corrected chi connectivity index (χ3v) is 5.26. The van der Waals surface area contributed by atoms with Gasteiger partial charge in [-0.05, 0) is 48.9 Å². The summed E-state index contributed by atoms with van der Waals surface area (Å²) in [6.07, 6.45) is 4.63. The van der Waals surface area contributed by atoms with E-state index in [0.717, 1.165) is 34.6 Å². The molecule has 0 bridgehead atoms. The first-order valence-corrected chi connectivity index (χ1v) is 9.19. The van der Waals surface area contributed by atoms with E-state index in [1.54, 1.807) is 7.11 Å². The fourth-order valence-corrected chi connectivity index (χ4v) is 3.75. The molecule has 5 heteroatoms. The molecule has 1 aromatic heterocycles. The Morgan fingerprint density at radius 1 is 1.25 bits per heavy atom. The van der Waals surface area contributed by atoms with Crippen LogP contribution in [0, 0.1) is 6.92 Å². The summed E-state index contributed by atoms with van der Waals surface area (Å²) in [6, 6.07) is 8.11. The second kappa shape index (κ2) is 7.71. The van der Waals surface area contributed by atoms with E-state index in [9.17, 15) is 4.79 Å². The topological polar surface area (TPSA) is 47.6 Å². The molecule has 0 aliphatic heterocycles. The van der Waals surface area contributed by atoms with Crippen LogP contribution in [0.4, 0.5) is 0 Å². The number of ether oxygens (including phenoxy) is 2. The fourth-order valence-electron chi connectivity index (χ4n) is 2.95. The molecule has 1 aliphatic rings. The van der Waals surface area contributed by atoms with Gasteiger partial charge in [-0.3, -0.25) is 4.79 Å². The summed E-state index contributed by atoms with van der Waals surface area (Å²) in [6.45, 7) is 2.44. The summed E-state index contributed by atoms with van der Waals surface area (Å²) < 4.78 is 11.2. The summed E-state index contributed by atoms with van der Waals surface area (Å²) in [5.41, 5.74) is 2.12. The lowest BCUT2D eigenvalue weighted by molar-refractivity contribution is 0.0942. The lowest BCUT2D eigenvalue weighted by atomic mass is 10.2. The van der Waals surface area contributed by atoms with E-state index in [-0.39, 0.29) is 5.91 Å². The number of hydrogen-bond donors (Lipinski definition) is 1. The highest BCUT2D eigenvalue weighted by Crippen LogP contribution is 2.29. The lowest BCUT2D eigenvalue weighted by Crippen LogP contribution is -2.31. The molecular weight excluding hydrogens is 322 g/mol. The van der Waals surface area contributed by atoms with Crippen molar-refractivity contribution in [2.24, 2.45) is 0 Å². The molecule has 1 aliphatic carbocycles. The van der Waals surface area contributed by atoms with E-state index in [0.29, 0.717) is 18.4 Å². The zero-order valence-electron chi connectivity index (χ0n) is 14.1. The highest BCUT2D eigenvalue weighted by molar-refractivity contribution is 7.12. The van der Waals surface area contributed by atoms with Crippen LogP contribution < -0.4 is 14.8 Å². The van der Waals surface area contributed by atoms with Crippen molar-refractivity contribution in [1.29, 1.82) is 0 Å². The predicted molar refractivity (Wildman–Crippen MR) is 96.1 cm³/mol. The van der Waals surface area contributed by atoms with Crippen LogP contribution in [0.25, 0.3) is 0 Å². The van der Waals surface area contributed by atoms with Crippen molar-refractivity contribution in [3.63, 3.8) is 0 Å². The van der Waals surface area contributed by atoms with Gasteiger partial charge in [0.15, 0.2) is 11.5 Å². The monoisotopic (exact) mass is 345 g/mol. The van der Waals surface area contributed by atoms with Gasteiger partial charge in [-0.1, -0.05) is 18.9 Å². The minimum atomic E-state index is 0.0334. The van der Waals surface area contributed by atoms with Crippen LogP contribution in [0.5, 0.6) is 11.5 Å². The maximum atomic E-state index is 12.3. The van der Waals surface area contributed by atoms with Crippen LogP contribution in [0.3, 0.4) is 0 Å². The second-order valence-electron chi connectivity index (χ2n) is 6.22. The second-order valence-corrected chi connectivity index (χ2v) is 7.13. The zero-order chi connectivity index (χ0) is 16.9. The van der Waals surface area contributed by atoms with Gasteiger partial charge >= 0.3 is 0 Å². The Kier molecular flexibility index (Phi) is 5.41. The quantitative estimate of drug-likeness (QED) is 0.848. The predicted octanol–water partition coefficient (Wildman–Crippen LogP) is 4.32. The molecule has 1 heterocycles. The van der Waals surface area contributed by atoms with Crippen molar-refractivity contribution < 1.29 is 14.3 Å². The molecule has 1 saturated carbocycles. The molecule has 2 aromatic rings. The summed E-state index contributed by atoms with van der Waals surface area (Å²) in [4.78, 5) is 13.0. The Morgan fingerprint density at radius 2 is 2.04 bits per heavy atom. The molecule has 1 N–H and O–H groups in total. The van der Waals surface area contributed by atoms with Gasteiger partial charge in [0, 0.05) is 11.6 Å². The van der Waals surface area contributed by atoms with Crippen molar-refractivity contribution in [3.8, 4) is 11.5 Å². The zero-order valence-corrected chi connectivity index (χ0v) is 14.9. The highest BCUT2D eigenvalue weighted by atomic mass is 32.1. The van der Waals surface area contributed by atoms with E-state index in [1.165, 1.54) is 24.2 Å². The fraction of sp³-hybridized carbons (Fsp3) is 0.421. The number of methoxy groups -OCH3 is 1. The number of hydrogen-bond acceptors (Lipinski definition) is 4. The van der Waals surface area contributed by atoms with Gasteiger partial charge in [0.25, 0.3) is 5.91 Å². The summed E-state index contributed by atoms with van der Waals surface area (Å²) >= 11 is 1.47. The largest absolute Gasteiger partial charge is 0.493 e. The first-order valence-electron chi connectivity index (χ1n) is 8.31. The number of aryl methyl sites for hydroxylation is 1. The van der Waals surface area contributed by atoms with Gasteiger partial charge in [-0.2, -0.15) is 0 Å². The Morgan fingerprint density at radius 3 is 2.79 bits per heavy atom. The van der Waals surface area contributed by atoms with Gasteiger partial charge in [0.1, 0.15) is 6.61 Å².